The first-order chi connectivity index (χ1) is 17.8. The molecule has 2 N–H and O–H groups in total. The predicted octanol–water partition coefficient (Wildman–Crippen LogP) is 6.75. The number of anilines is 1. The highest BCUT2D eigenvalue weighted by Crippen LogP contribution is 2.29. The fourth-order valence-corrected chi connectivity index (χ4v) is 3.99. The lowest BCUT2D eigenvalue weighted by Crippen LogP contribution is -2.34. The highest BCUT2D eigenvalue weighted by molar-refractivity contribution is 7.80. The molecule has 1 amide bonds. The van der Waals surface area contributed by atoms with Gasteiger partial charge in [-0.05, 0) is 67.2 Å². The zero-order valence-corrected chi connectivity index (χ0v) is 20.7. The van der Waals surface area contributed by atoms with E-state index in [0.29, 0.717) is 44.6 Å². The third kappa shape index (κ3) is 5.20. The number of aromatic nitrogens is 1. The largest absolute Gasteiger partial charge is 0.451 e. The molecule has 0 fully saturated rings. The molecular weight excluding hydrogens is 516 g/mol. The van der Waals surface area contributed by atoms with Crippen molar-refractivity contribution in [1.82, 2.24) is 10.3 Å². The Balaban J connectivity index is 1.29. The number of rotatable bonds is 5. The number of hydrogen-bond acceptors (Lipinski definition) is 7. The highest BCUT2D eigenvalue weighted by Gasteiger charge is 2.16. The summed E-state index contributed by atoms with van der Waals surface area (Å²) in [5.74, 6) is 0.163. The van der Waals surface area contributed by atoms with E-state index in [2.05, 4.69) is 15.6 Å². The number of nitrogens with one attached hydrogen (secondary N) is 2. The number of nitro benzene ring substituents is 1. The summed E-state index contributed by atoms with van der Waals surface area (Å²) in [6.07, 6.45) is 0. The van der Waals surface area contributed by atoms with E-state index in [1.54, 1.807) is 36.4 Å². The number of non-ortho nitro benzene ring substituents is 1. The molecule has 0 unspecified atom stereocenters. The molecule has 2 heterocycles. The number of hydrogen-bond donors (Lipinski definition) is 2. The van der Waals surface area contributed by atoms with Crippen LogP contribution >= 0.6 is 23.8 Å². The smallest absolute Gasteiger partial charge is 0.293 e. The molecule has 0 aliphatic carbocycles. The molecule has 0 saturated heterocycles. The topological polar surface area (TPSA) is 123 Å². The van der Waals surface area contributed by atoms with Crippen LogP contribution in [0, 0.1) is 17.0 Å². The van der Waals surface area contributed by atoms with Crippen LogP contribution < -0.4 is 10.6 Å². The van der Waals surface area contributed by atoms with Crippen LogP contribution in [0.2, 0.25) is 5.02 Å². The number of carbonyl (C=O) groups is 1. The second kappa shape index (κ2) is 9.84. The average molecular weight is 533 g/mol. The minimum atomic E-state index is -0.571. The monoisotopic (exact) mass is 532 g/mol. The lowest BCUT2D eigenvalue weighted by molar-refractivity contribution is -0.384. The molecule has 5 rings (SSSR count). The van der Waals surface area contributed by atoms with E-state index in [4.69, 9.17) is 32.7 Å². The van der Waals surface area contributed by atoms with Gasteiger partial charge in [-0.3, -0.25) is 20.2 Å². The summed E-state index contributed by atoms with van der Waals surface area (Å²) in [7, 11) is 0. The minimum Gasteiger partial charge on any atom is -0.451 e. The fourth-order valence-electron chi connectivity index (χ4n) is 3.62. The number of oxazole rings is 1. The maximum atomic E-state index is 12.7. The number of carbonyl (C=O) groups excluding carboxylic acids is 1. The summed E-state index contributed by atoms with van der Waals surface area (Å²) >= 11 is 11.4. The molecule has 0 aliphatic heterocycles. The molecule has 2 aromatic heterocycles. The summed E-state index contributed by atoms with van der Waals surface area (Å²) in [4.78, 5) is 27.7. The van der Waals surface area contributed by atoms with E-state index in [1.165, 1.54) is 18.2 Å². The van der Waals surface area contributed by atoms with Crippen molar-refractivity contribution in [3.05, 3.63) is 99.3 Å². The van der Waals surface area contributed by atoms with Crippen LogP contribution in [0.15, 0.2) is 81.6 Å². The van der Waals surface area contributed by atoms with Crippen LogP contribution in [0.25, 0.3) is 33.9 Å². The molecule has 184 valence electrons. The van der Waals surface area contributed by atoms with Gasteiger partial charge in [0.25, 0.3) is 11.6 Å². The van der Waals surface area contributed by atoms with Gasteiger partial charge in [0.15, 0.2) is 16.5 Å². The molecule has 0 bridgehead atoms. The summed E-state index contributed by atoms with van der Waals surface area (Å²) < 4.78 is 11.4. The van der Waals surface area contributed by atoms with E-state index in [0.717, 1.165) is 5.56 Å². The van der Waals surface area contributed by atoms with Crippen LogP contribution in [-0.4, -0.2) is 20.9 Å². The van der Waals surface area contributed by atoms with Crippen molar-refractivity contribution in [2.75, 3.05) is 5.32 Å². The van der Waals surface area contributed by atoms with E-state index >= 15 is 0 Å². The third-order valence-electron chi connectivity index (χ3n) is 5.48. The lowest BCUT2D eigenvalue weighted by Gasteiger charge is -2.12. The van der Waals surface area contributed by atoms with Gasteiger partial charge in [-0.2, -0.15) is 0 Å². The molecule has 37 heavy (non-hydrogen) atoms. The Kier molecular flexibility index (Phi) is 6.43. The van der Waals surface area contributed by atoms with Gasteiger partial charge in [-0.1, -0.05) is 29.8 Å². The van der Waals surface area contributed by atoms with E-state index < -0.39 is 10.8 Å². The number of amides is 1. The SMILES string of the molecule is Cc1ccc(-c2nc3cc(Cl)ccc3o2)cc1NC(=S)NC(=O)c1ccc(-c2cccc([N+](=O)[O-])c2)o1. The Labute approximate surface area is 220 Å². The molecule has 0 saturated carbocycles. The van der Waals surface area contributed by atoms with Crippen molar-refractivity contribution in [2.24, 2.45) is 0 Å². The number of fused-ring (bicyclic) bond motifs is 1. The Morgan fingerprint density at radius 1 is 1.03 bits per heavy atom. The standard InChI is InChI=1S/C26H17ClN4O5S/c1-14-5-6-16(25-28-20-13-17(27)7-8-22(20)36-25)12-19(14)29-26(37)30-24(32)23-10-9-21(35-23)15-3-2-4-18(11-15)31(33)34/h2-13H,1H3,(H2,29,30,32,37). The van der Waals surface area contributed by atoms with Crippen LogP contribution in [0.5, 0.6) is 0 Å². The van der Waals surface area contributed by atoms with Gasteiger partial charge in [0, 0.05) is 34.0 Å². The van der Waals surface area contributed by atoms with Crippen molar-refractivity contribution in [2.45, 2.75) is 6.92 Å². The Bertz CT molecular complexity index is 1690. The van der Waals surface area contributed by atoms with Gasteiger partial charge in [-0.15, -0.1) is 0 Å². The van der Waals surface area contributed by atoms with Crippen molar-refractivity contribution < 1.29 is 18.6 Å². The second-order valence-electron chi connectivity index (χ2n) is 8.04. The number of aryl methyl sites for hydroxylation is 1. The lowest BCUT2D eigenvalue weighted by atomic mass is 10.1. The zero-order chi connectivity index (χ0) is 26.1. The Morgan fingerprint density at radius 2 is 1.86 bits per heavy atom. The quantitative estimate of drug-likeness (QED) is 0.145. The second-order valence-corrected chi connectivity index (χ2v) is 8.89. The molecular formula is C26H17ClN4O5S. The van der Waals surface area contributed by atoms with Crippen molar-refractivity contribution >= 4 is 57.3 Å². The molecule has 0 spiro atoms. The molecule has 9 nitrogen and oxygen atoms in total. The van der Waals surface area contributed by atoms with Gasteiger partial charge in [0.2, 0.25) is 5.89 Å². The number of nitrogens with zero attached hydrogens (tertiary/aromatic N) is 2. The highest BCUT2D eigenvalue weighted by atomic mass is 35.5. The first-order valence-corrected chi connectivity index (χ1v) is 11.7. The molecule has 0 radical (unpaired) electrons. The summed E-state index contributed by atoms with van der Waals surface area (Å²) in [5, 5.41) is 17.2. The molecule has 0 atom stereocenters. The summed E-state index contributed by atoms with van der Waals surface area (Å²) in [6, 6.07) is 19.7. The van der Waals surface area contributed by atoms with E-state index in [-0.39, 0.29) is 16.6 Å². The number of furan rings is 1. The Hall–Kier alpha value is -4.54. The van der Waals surface area contributed by atoms with Gasteiger partial charge in [0.1, 0.15) is 11.3 Å². The van der Waals surface area contributed by atoms with Crippen molar-refractivity contribution in [3.8, 4) is 22.8 Å². The summed E-state index contributed by atoms with van der Waals surface area (Å²) in [6.45, 7) is 1.89. The number of halogens is 1. The van der Waals surface area contributed by atoms with Crippen LogP contribution in [0.4, 0.5) is 11.4 Å². The van der Waals surface area contributed by atoms with Gasteiger partial charge < -0.3 is 14.2 Å². The van der Waals surface area contributed by atoms with Gasteiger partial charge in [-0.25, -0.2) is 4.98 Å². The fraction of sp³-hybridized carbons (Fsp3) is 0.0385. The van der Waals surface area contributed by atoms with Crippen molar-refractivity contribution in [1.29, 1.82) is 0 Å². The van der Waals surface area contributed by atoms with Gasteiger partial charge in [0.05, 0.1) is 4.92 Å². The van der Waals surface area contributed by atoms with E-state index in [9.17, 15) is 14.9 Å². The van der Waals surface area contributed by atoms with Crippen LogP contribution in [0.3, 0.4) is 0 Å². The minimum absolute atomic E-state index is 0.00117. The first-order valence-electron chi connectivity index (χ1n) is 10.9. The van der Waals surface area contributed by atoms with E-state index in [1.807, 2.05) is 25.1 Å². The maximum Gasteiger partial charge on any atom is 0.293 e. The first kappa shape index (κ1) is 24.2. The number of nitro groups is 1. The molecule has 0 aliphatic rings. The summed E-state index contributed by atoms with van der Waals surface area (Å²) in [5.41, 5.74) is 3.89. The average Bonchev–Trinajstić information content (AvgIpc) is 3.53. The molecule has 3 aromatic carbocycles. The van der Waals surface area contributed by atoms with Crippen LogP contribution in [-0.2, 0) is 0 Å². The number of benzene rings is 3. The third-order valence-corrected chi connectivity index (χ3v) is 5.92. The van der Waals surface area contributed by atoms with Gasteiger partial charge >= 0.3 is 0 Å². The number of thiocarbonyl (C=S) groups is 1. The zero-order valence-electron chi connectivity index (χ0n) is 19.2. The molecule has 5 aromatic rings. The normalized spacial score (nSPS) is 10.9. The van der Waals surface area contributed by atoms with Crippen LogP contribution in [0.1, 0.15) is 16.1 Å². The predicted molar refractivity (Wildman–Crippen MR) is 144 cm³/mol. The Morgan fingerprint density at radius 3 is 2.68 bits per heavy atom. The maximum absolute atomic E-state index is 12.7. The van der Waals surface area contributed by atoms with Crippen molar-refractivity contribution in [3.63, 3.8) is 0 Å². The molecule has 11 heteroatoms.